The molecule has 0 bridgehead atoms. The first kappa shape index (κ1) is 93.6. The van der Waals surface area contributed by atoms with Gasteiger partial charge in [0.1, 0.15) is 11.2 Å². The summed E-state index contributed by atoms with van der Waals surface area (Å²) in [6, 6.07) is 175. The second kappa shape index (κ2) is 41.7. The molecule has 22 aromatic carbocycles. The normalized spacial score (nSPS) is 11.3. The van der Waals surface area contributed by atoms with Crippen molar-refractivity contribution >= 4 is 211 Å². The number of furan rings is 1. The fourth-order valence-corrected chi connectivity index (χ4v) is 27.7. The van der Waals surface area contributed by atoms with Gasteiger partial charge in [-0.05, 0) is 250 Å². The van der Waals surface area contributed by atoms with Crippen LogP contribution in [0.25, 0.3) is 232 Å². The van der Waals surface area contributed by atoms with Gasteiger partial charge in [0.15, 0.2) is 0 Å². The SMILES string of the molecule is Cc1ccc(-c2cccc3oc4ccc(-c5ccccc5)cc4c23)cc1.Cc1ccc(-c2ccccc2)c2c1sc1ccccc12.Cc1ccc2c(c1)sc1cccc(-c3ccccc3)c12.Cc1ccc2sc3cccc(-c4ccccc4)c3c2c1.Cc1ccc2sc3ccccc3c2c1-c1ccccc1.Cc1cccc2c1sc1cccc(-c3ccccc3)c12.Cc1cccc2sc3cccc(-c4ccccc4)c3c12. The van der Waals surface area contributed by atoms with Gasteiger partial charge in [0, 0.05) is 132 Å². The third-order valence-electron chi connectivity index (χ3n) is 27.7. The lowest BCUT2D eigenvalue weighted by Crippen LogP contribution is -1.84. The molecule has 29 rings (SSSR count). The molecule has 0 spiro atoms. The van der Waals surface area contributed by atoms with Gasteiger partial charge in [-0.3, -0.25) is 0 Å². The first-order valence-electron chi connectivity index (χ1n) is 49.7. The standard InChI is InChI=1S/C25H18O.6C19H14S/c1-17-10-12-19(13-11-17)21-8-5-9-24-25(21)22-16-20(14-15-23(22)26-24)18-6-3-2-4-7-18;1-13-7-5-11-16-18-15(14-8-3-2-4-9-14)10-6-12-17(18)20-19(13)16;1-13-7-5-11-16-18(13)19-15(10-6-12-17(19)20-16)14-8-3-2-4-9-14;1-13-11-12-15(14-7-3-2-4-8-14)18-16-9-5-6-10-17(16)20-19(13)18;1-13-11-12-17-19(15-9-5-6-10-16(15)20-17)18(13)14-7-3-2-4-8-14;1-13-10-11-17-16(12-13)19-15(8-5-9-18(19)20-17)14-6-3-2-4-7-14;1-13-10-11-16-18(12-13)20-17-9-5-8-15(19(16)17)14-6-3-2-4-7-14/h2-16H,1H3;6*2-12H,1H3. The fourth-order valence-electron chi connectivity index (χ4n) is 20.7. The highest BCUT2D eigenvalue weighted by molar-refractivity contribution is 7.28. The Bertz CT molecular complexity index is 9670. The van der Waals surface area contributed by atoms with Crippen molar-refractivity contribution in [1.29, 1.82) is 0 Å². The maximum Gasteiger partial charge on any atom is 0.136 e. The van der Waals surface area contributed by atoms with Gasteiger partial charge in [0.05, 0.1) is 0 Å². The van der Waals surface area contributed by atoms with Crippen molar-refractivity contribution in [2.75, 3.05) is 0 Å². The summed E-state index contributed by atoms with van der Waals surface area (Å²) in [6.07, 6.45) is 0. The first-order chi connectivity index (χ1) is 71.8. The second-order valence-electron chi connectivity index (χ2n) is 37.4. The van der Waals surface area contributed by atoms with Crippen molar-refractivity contribution in [2.24, 2.45) is 0 Å². The Morgan fingerprint density at radius 1 is 0.144 bits per heavy atom. The average Bonchev–Trinajstić information content (AvgIpc) is 1.37. The van der Waals surface area contributed by atoms with E-state index in [1.54, 1.807) is 0 Å². The monoisotopic (exact) mass is 1980 g/mol. The summed E-state index contributed by atoms with van der Waals surface area (Å²) in [6.45, 7) is 15.2. The number of hydrogen-bond acceptors (Lipinski definition) is 7. The lowest BCUT2D eigenvalue weighted by molar-refractivity contribution is 0.669. The molecule has 0 aliphatic carbocycles. The van der Waals surface area contributed by atoms with E-state index < -0.39 is 0 Å². The molecule has 1 nitrogen and oxygen atoms in total. The lowest BCUT2D eigenvalue weighted by Gasteiger charge is -2.08. The zero-order valence-electron chi connectivity index (χ0n) is 82.1. The van der Waals surface area contributed by atoms with E-state index in [1.165, 1.54) is 254 Å². The molecule has 0 saturated carbocycles. The predicted octanol–water partition coefficient (Wildman–Crippen LogP) is 43.4. The Kier molecular flexibility index (Phi) is 26.7. The molecule has 0 atom stereocenters. The third-order valence-corrected chi connectivity index (χ3v) is 34.8. The van der Waals surface area contributed by atoms with E-state index in [0.29, 0.717) is 0 Å². The molecule has 7 heteroatoms. The van der Waals surface area contributed by atoms with Crippen LogP contribution in [0.2, 0.25) is 0 Å². The average molecular weight is 1980 g/mol. The zero-order valence-corrected chi connectivity index (χ0v) is 87.0. The Morgan fingerprint density at radius 3 is 1.06 bits per heavy atom. The number of hydrogen-bond donors (Lipinski definition) is 0. The molecule has 146 heavy (non-hydrogen) atoms. The molecule has 0 amide bonds. The summed E-state index contributed by atoms with van der Waals surface area (Å²) in [5, 5.41) is 19.0. The van der Waals surface area contributed by atoms with E-state index in [0.717, 1.165) is 16.6 Å². The minimum absolute atomic E-state index is 0.930. The number of benzene rings is 22. The van der Waals surface area contributed by atoms with Gasteiger partial charge in [0.2, 0.25) is 0 Å². The molecule has 0 saturated heterocycles. The highest BCUT2D eigenvalue weighted by atomic mass is 32.1. The predicted molar refractivity (Wildman–Crippen MR) is 646 cm³/mol. The molecule has 7 heterocycles. The van der Waals surface area contributed by atoms with Crippen molar-refractivity contribution in [3.05, 3.63) is 530 Å². The van der Waals surface area contributed by atoms with Crippen LogP contribution in [0.1, 0.15) is 38.9 Å². The molecule has 7 aromatic heterocycles. The fraction of sp³-hybridized carbons (Fsp3) is 0.0504. The van der Waals surface area contributed by atoms with Crippen LogP contribution in [-0.2, 0) is 0 Å². The zero-order chi connectivity index (χ0) is 98.7. The largest absolute Gasteiger partial charge is 0.456 e. The number of aryl methyl sites for hydroxylation is 7. The highest BCUT2D eigenvalue weighted by Gasteiger charge is 2.21. The Labute approximate surface area is 875 Å². The lowest BCUT2D eigenvalue weighted by atomic mass is 9.95. The summed E-state index contributed by atoms with van der Waals surface area (Å²) in [4.78, 5) is 0. The smallest absolute Gasteiger partial charge is 0.136 e. The molecule has 700 valence electrons. The van der Waals surface area contributed by atoms with Crippen LogP contribution in [-0.4, -0.2) is 0 Å². The van der Waals surface area contributed by atoms with E-state index in [-0.39, 0.29) is 0 Å². The topological polar surface area (TPSA) is 13.1 Å². The first-order valence-corrected chi connectivity index (χ1v) is 54.6. The molecule has 0 aliphatic rings. The Balaban J connectivity index is 0.0000000942. The molecule has 29 aromatic rings. The summed E-state index contributed by atoms with van der Waals surface area (Å²) >= 11 is 11.3. The number of thiophene rings is 6. The molecule has 0 unspecified atom stereocenters. The number of rotatable bonds is 8. The van der Waals surface area contributed by atoms with E-state index >= 15 is 0 Å². The van der Waals surface area contributed by atoms with Crippen molar-refractivity contribution in [3.8, 4) is 89.0 Å². The van der Waals surface area contributed by atoms with Gasteiger partial charge in [-0.2, -0.15) is 0 Å². The quantitative estimate of drug-likeness (QED) is 0.148. The van der Waals surface area contributed by atoms with E-state index in [1.807, 2.05) is 74.1 Å². The van der Waals surface area contributed by atoms with Gasteiger partial charge < -0.3 is 4.42 Å². The van der Waals surface area contributed by atoms with Crippen molar-refractivity contribution in [2.45, 2.75) is 48.5 Å². The summed E-state index contributed by atoms with van der Waals surface area (Å²) in [5.41, 5.74) is 31.9. The molecular weight excluding hydrogens is 1880 g/mol. The van der Waals surface area contributed by atoms with Gasteiger partial charge in [-0.1, -0.05) is 418 Å². The van der Waals surface area contributed by atoms with Crippen molar-refractivity contribution in [1.82, 2.24) is 0 Å². The molecule has 0 aliphatic heterocycles. The van der Waals surface area contributed by atoms with Crippen LogP contribution in [0.15, 0.2) is 496 Å². The van der Waals surface area contributed by atoms with Crippen LogP contribution in [0, 0.1) is 48.5 Å². The molecule has 0 fully saturated rings. The summed E-state index contributed by atoms with van der Waals surface area (Å²) < 4.78 is 22.7. The van der Waals surface area contributed by atoms with Crippen LogP contribution in [0.5, 0.6) is 0 Å². The Hall–Kier alpha value is -16.0. The molecule has 0 radical (unpaired) electrons. The number of fused-ring (bicyclic) bond motifs is 21. The van der Waals surface area contributed by atoms with Crippen LogP contribution in [0.3, 0.4) is 0 Å². The van der Waals surface area contributed by atoms with Crippen LogP contribution in [0.4, 0.5) is 0 Å². The highest BCUT2D eigenvalue weighted by Crippen LogP contribution is 2.50. The molecular formula is C139H102OS6. The van der Waals surface area contributed by atoms with Crippen LogP contribution >= 0.6 is 68.0 Å². The maximum absolute atomic E-state index is 6.13. The maximum atomic E-state index is 6.13. The van der Waals surface area contributed by atoms with Crippen molar-refractivity contribution in [3.63, 3.8) is 0 Å². The van der Waals surface area contributed by atoms with Gasteiger partial charge in [-0.25, -0.2) is 0 Å². The van der Waals surface area contributed by atoms with Crippen LogP contribution < -0.4 is 0 Å². The minimum Gasteiger partial charge on any atom is -0.456 e. The van der Waals surface area contributed by atoms with Gasteiger partial charge in [0.25, 0.3) is 0 Å². The summed E-state index contributed by atoms with van der Waals surface area (Å²) in [5.74, 6) is 0. The minimum atomic E-state index is 0.930. The van der Waals surface area contributed by atoms with Crippen molar-refractivity contribution < 1.29 is 4.42 Å². The van der Waals surface area contributed by atoms with E-state index in [2.05, 4.69) is 534 Å². The van der Waals surface area contributed by atoms with Gasteiger partial charge in [-0.15, -0.1) is 68.0 Å². The Morgan fingerprint density at radius 2 is 0.486 bits per heavy atom. The van der Waals surface area contributed by atoms with E-state index in [9.17, 15) is 0 Å². The van der Waals surface area contributed by atoms with Gasteiger partial charge >= 0.3 is 0 Å². The third kappa shape index (κ3) is 18.8. The summed E-state index contributed by atoms with van der Waals surface area (Å²) in [7, 11) is 0. The second-order valence-corrected chi connectivity index (χ2v) is 43.8. The van der Waals surface area contributed by atoms with E-state index in [4.69, 9.17) is 4.42 Å². The molecule has 0 N–H and O–H groups in total.